The molecule has 4 rings (SSSR count). The van der Waals surface area contributed by atoms with Crippen molar-refractivity contribution >= 4 is 17.3 Å². The van der Waals surface area contributed by atoms with Gasteiger partial charge in [0.2, 0.25) is 5.91 Å². The summed E-state index contributed by atoms with van der Waals surface area (Å²) in [7, 11) is 2.11. The van der Waals surface area contributed by atoms with E-state index >= 15 is 0 Å². The minimum atomic E-state index is 0.135. The molecular weight excluding hydrogens is 286 g/mol. The molecule has 1 aliphatic heterocycles. The lowest BCUT2D eigenvalue weighted by molar-refractivity contribution is -0.122. The van der Waals surface area contributed by atoms with Gasteiger partial charge in [0, 0.05) is 36.9 Å². The summed E-state index contributed by atoms with van der Waals surface area (Å²) in [5.41, 5.74) is 9.90. The summed E-state index contributed by atoms with van der Waals surface area (Å²) in [4.78, 5) is 15.0. The van der Waals surface area contributed by atoms with Crippen molar-refractivity contribution in [3.63, 3.8) is 0 Å². The first kappa shape index (κ1) is 15.0. The molecule has 4 nitrogen and oxygen atoms in total. The van der Waals surface area contributed by atoms with Gasteiger partial charge in [0.1, 0.15) is 0 Å². The molecule has 2 unspecified atom stereocenters. The summed E-state index contributed by atoms with van der Waals surface area (Å²) in [5.74, 6) is 1.42. The first-order chi connectivity index (χ1) is 11.1. The number of hydrogen-bond acceptors (Lipinski definition) is 3. The van der Waals surface area contributed by atoms with Crippen LogP contribution in [0.15, 0.2) is 18.2 Å². The number of fused-ring (bicyclic) bond motifs is 3. The standard InChI is InChI=1S/C19H27N3O/c1-22-8-7-12-5-6-16(11-17(12)22)21-19(23)15-9-13-3-2-4-14(10-15)18(13)20/h5-6,11,13-15,18H,2-4,7-10,20H2,1H3,(H,21,23). The van der Waals surface area contributed by atoms with Crippen LogP contribution < -0.4 is 16.0 Å². The highest BCUT2D eigenvalue weighted by Gasteiger charge is 2.40. The third kappa shape index (κ3) is 2.74. The van der Waals surface area contributed by atoms with E-state index in [-0.39, 0.29) is 11.8 Å². The SMILES string of the molecule is CN1CCc2ccc(NC(=O)C3CC4CCCC(C3)C4N)cc21. The number of amides is 1. The zero-order chi connectivity index (χ0) is 16.0. The van der Waals surface area contributed by atoms with Crippen LogP contribution in [0.3, 0.4) is 0 Å². The highest BCUT2D eigenvalue weighted by atomic mass is 16.1. The molecule has 23 heavy (non-hydrogen) atoms. The maximum atomic E-state index is 12.7. The van der Waals surface area contributed by atoms with E-state index in [0.29, 0.717) is 17.9 Å². The molecule has 2 atom stereocenters. The molecule has 1 amide bonds. The molecule has 1 aromatic carbocycles. The number of likely N-dealkylation sites (N-methyl/N-ethyl adjacent to an activating group) is 1. The summed E-state index contributed by atoms with van der Waals surface area (Å²) < 4.78 is 0. The number of nitrogens with one attached hydrogen (secondary N) is 1. The van der Waals surface area contributed by atoms with Crippen molar-refractivity contribution < 1.29 is 4.79 Å². The predicted octanol–water partition coefficient (Wildman–Crippen LogP) is 2.77. The van der Waals surface area contributed by atoms with Crippen molar-refractivity contribution in [2.45, 2.75) is 44.6 Å². The first-order valence-corrected chi connectivity index (χ1v) is 9.02. The Labute approximate surface area is 138 Å². The van der Waals surface area contributed by atoms with Crippen molar-refractivity contribution in [3.05, 3.63) is 23.8 Å². The molecule has 124 valence electrons. The van der Waals surface area contributed by atoms with E-state index in [4.69, 9.17) is 5.73 Å². The van der Waals surface area contributed by atoms with Gasteiger partial charge in [0.15, 0.2) is 0 Å². The Kier molecular flexibility index (Phi) is 3.80. The van der Waals surface area contributed by atoms with Crippen molar-refractivity contribution in [3.8, 4) is 0 Å². The zero-order valence-electron chi connectivity index (χ0n) is 13.9. The second-order valence-corrected chi connectivity index (χ2v) is 7.70. The van der Waals surface area contributed by atoms with Gasteiger partial charge >= 0.3 is 0 Å². The minimum Gasteiger partial charge on any atom is -0.374 e. The third-order valence-corrected chi connectivity index (χ3v) is 6.26. The van der Waals surface area contributed by atoms with Gasteiger partial charge in [-0.15, -0.1) is 0 Å². The highest BCUT2D eigenvalue weighted by molar-refractivity contribution is 5.93. The fraction of sp³-hybridized carbons (Fsp3) is 0.632. The molecule has 3 N–H and O–H groups in total. The third-order valence-electron chi connectivity index (χ3n) is 6.26. The van der Waals surface area contributed by atoms with E-state index in [9.17, 15) is 4.79 Å². The van der Waals surface area contributed by atoms with Crippen LogP contribution in [0.2, 0.25) is 0 Å². The summed E-state index contributed by atoms with van der Waals surface area (Å²) in [6.07, 6.45) is 6.72. The van der Waals surface area contributed by atoms with E-state index in [1.165, 1.54) is 30.5 Å². The Hall–Kier alpha value is -1.55. The Bertz CT molecular complexity index is 601. The fourth-order valence-electron chi connectivity index (χ4n) is 4.86. The lowest BCUT2D eigenvalue weighted by Crippen LogP contribution is -2.48. The smallest absolute Gasteiger partial charge is 0.227 e. The molecule has 0 saturated heterocycles. The Morgan fingerprint density at radius 3 is 2.74 bits per heavy atom. The molecule has 0 aromatic heterocycles. The molecule has 3 aliphatic rings. The number of nitrogens with two attached hydrogens (primary N) is 1. The Balaban J connectivity index is 1.45. The lowest BCUT2D eigenvalue weighted by Gasteiger charge is -2.43. The largest absolute Gasteiger partial charge is 0.374 e. The maximum Gasteiger partial charge on any atom is 0.227 e. The van der Waals surface area contributed by atoms with Gasteiger partial charge in [-0.25, -0.2) is 0 Å². The summed E-state index contributed by atoms with van der Waals surface area (Å²) in [6, 6.07) is 6.64. The van der Waals surface area contributed by atoms with E-state index in [2.05, 4.69) is 29.4 Å². The van der Waals surface area contributed by atoms with Gasteiger partial charge in [-0.05, 0) is 61.6 Å². The van der Waals surface area contributed by atoms with Gasteiger partial charge in [-0.2, -0.15) is 0 Å². The summed E-state index contributed by atoms with van der Waals surface area (Å²) >= 11 is 0. The molecule has 2 aliphatic carbocycles. The molecule has 2 bridgehead atoms. The molecular formula is C19H27N3O. The van der Waals surface area contributed by atoms with Crippen molar-refractivity contribution in [1.29, 1.82) is 0 Å². The number of carbonyl (C=O) groups excluding carboxylic acids is 1. The molecule has 2 fully saturated rings. The maximum absolute atomic E-state index is 12.7. The number of benzene rings is 1. The Morgan fingerprint density at radius 1 is 1.26 bits per heavy atom. The number of rotatable bonds is 2. The molecule has 0 spiro atoms. The number of hydrogen-bond donors (Lipinski definition) is 2. The zero-order valence-corrected chi connectivity index (χ0v) is 13.9. The van der Waals surface area contributed by atoms with Crippen LogP contribution >= 0.6 is 0 Å². The average Bonchev–Trinajstić information content (AvgIpc) is 2.88. The van der Waals surface area contributed by atoms with Crippen molar-refractivity contribution in [2.75, 3.05) is 23.8 Å². The predicted molar refractivity (Wildman–Crippen MR) is 93.6 cm³/mol. The molecule has 0 radical (unpaired) electrons. The van der Waals surface area contributed by atoms with E-state index in [1.807, 2.05) is 6.07 Å². The van der Waals surface area contributed by atoms with Gasteiger partial charge in [0.05, 0.1) is 0 Å². The topological polar surface area (TPSA) is 58.4 Å². The highest BCUT2D eigenvalue weighted by Crippen LogP contribution is 2.42. The van der Waals surface area contributed by atoms with Gasteiger partial charge in [-0.3, -0.25) is 4.79 Å². The number of carbonyl (C=O) groups is 1. The number of anilines is 2. The van der Waals surface area contributed by atoms with Gasteiger partial charge < -0.3 is 16.0 Å². The van der Waals surface area contributed by atoms with Crippen LogP contribution in [0.1, 0.15) is 37.7 Å². The molecule has 1 heterocycles. The lowest BCUT2D eigenvalue weighted by atomic mass is 9.65. The first-order valence-electron chi connectivity index (χ1n) is 9.02. The quantitative estimate of drug-likeness (QED) is 0.882. The van der Waals surface area contributed by atoms with Crippen molar-refractivity contribution in [1.82, 2.24) is 0 Å². The van der Waals surface area contributed by atoms with E-state index < -0.39 is 0 Å². The van der Waals surface area contributed by atoms with Gasteiger partial charge in [0.25, 0.3) is 0 Å². The second kappa shape index (κ2) is 5.82. The normalized spacial score (nSPS) is 32.5. The summed E-state index contributed by atoms with van der Waals surface area (Å²) in [6.45, 7) is 1.07. The second-order valence-electron chi connectivity index (χ2n) is 7.70. The molecule has 4 heteroatoms. The van der Waals surface area contributed by atoms with E-state index in [0.717, 1.165) is 31.5 Å². The molecule has 1 aromatic rings. The minimum absolute atomic E-state index is 0.135. The van der Waals surface area contributed by atoms with Crippen LogP contribution in [0.5, 0.6) is 0 Å². The van der Waals surface area contributed by atoms with Crippen LogP contribution in [0.25, 0.3) is 0 Å². The van der Waals surface area contributed by atoms with Crippen LogP contribution in [0.4, 0.5) is 11.4 Å². The Morgan fingerprint density at radius 2 is 2.00 bits per heavy atom. The van der Waals surface area contributed by atoms with Crippen LogP contribution in [-0.2, 0) is 11.2 Å². The monoisotopic (exact) mass is 313 g/mol. The van der Waals surface area contributed by atoms with E-state index in [1.54, 1.807) is 0 Å². The van der Waals surface area contributed by atoms with Gasteiger partial charge in [-0.1, -0.05) is 12.5 Å². The molecule has 2 saturated carbocycles. The van der Waals surface area contributed by atoms with Crippen LogP contribution in [-0.4, -0.2) is 25.5 Å². The van der Waals surface area contributed by atoms with Crippen LogP contribution in [0, 0.1) is 17.8 Å². The average molecular weight is 313 g/mol. The summed E-state index contributed by atoms with van der Waals surface area (Å²) in [5, 5.41) is 3.16. The fourth-order valence-corrected chi connectivity index (χ4v) is 4.86. The number of nitrogens with zero attached hydrogens (tertiary/aromatic N) is 1. The van der Waals surface area contributed by atoms with Crippen molar-refractivity contribution in [2.24, 2.45) is 23.5 Å².